The summed E-state index contributed by atoms with van der Waals surface area (Å²) >= 11 is 12.0. The van der Waals surface area contributed by atoms with Crippen molar-refractivity contribution in [2.45, 2.75) is 31.1 Å². The smallest absolute Gasteiger partial charge is 0.173 e. The summed E-state index contributed by atoms with van der Waals surface area (Å²) in [6, 6.07) is 15.3. The molecule has 0 heterocycles. The Bertz CT molecular complexity index is 658. The van der Waals surface area contributed by atoms with Gasteiger partial charge in [-0.2, -0.15) is 0 Å². The Hall–Kier alpha value is -1.31. The van der Waals surface area contributed by atoms with Crippen LogP contribution in [-0.2, 0) is 5.41 Å². The van der Waals surface area contributed by atoms with Gasteiger partial charge in [-0.1, -0.05) is 66.4 Å². The van der Waals surface area contributed by atoms with Crippen LogP contribution in [0.5, 0.6) is 0 Å². The Kier molecular flexibility index (Phi) is 4.05. The lowest BCUT2D eigenvalue weighted by atomic mass is 9.73. The molecule has 1 aliphatic carbocycles. The molecule has 108 valence electrons. The van der Waals surface area contributed by atoms with Crippen LogP contribution in [0.25, 0.3) is 0 Å². The molecule has 0 spiro atoms. The van der Waals surface area contributed by atoms with E-state index in [2.05, 4.69) is 12.1 Å². The lowest BCUT2D eigenvalue weighted by Crippen LogP contribution is -2.33. The number of Topliss-reactive ketones (excluding diaryl/α,β-unsaturated/α-hetero) is 1. The average Bonchev–Trinajstić information content (AvgIpc) is 3.01. The van der Waals surface area contributed by atoms with Crippen LogP contribution in [0, 0.1) is 0 Å². The Morgan fingerprint density at radius 2 is 1.57 bits per heavy atom. The highest BCUT2D eigenvalue weighted by Crippen LogP contribution is 2.44. The van der Waals surface area contributed by atoms with Crippen molar-refractivity contribution in [3.8, 4) is 0 Å². The molecule has 3 rings (SSSR count). The molecule has 1 nitrogen and oxygen atoms in total. The third-order valence-electron chi connectivity index (χ3n) is 4.40. The molecule has 0 N–H and O–H groups in total. The number of benzene rings is 2. The minimum absolute atomic E-state index is 0.157. The van der Waals surface area contributed by atoms with Gasteiger partial charge in [0.05, 0.1) is 15.5 Å². The van der Waals surface area contributed by atoms with Crippen molar-refractivity contribution in [3.63, 3.8) is 0 Å². The summed E-state index contributed by atoms with van der Waals surface area (Å²) in [7, 11) is 0. The number of carbonyl (C=O) groups is 1. The number of carbonyl (C=O) groups excluding carboxylic acids is 1. The molecular weight excluding hydrogens is 303 g/mol. The van der Waals surface area contributed by atoms with Crippen LogP contribution in [0.2, 0.25) is 10.0 Å². The van der Waals surface area contributed by atoms with Crippen LogP contribution in [0.15, 0.2) is 48.5 Å². The van der Waals surface area contributed by atoms with E-state index < -0.39 is 5.41 Å². The molecule has 2 aromatic rings. The van der Waals surface area contributed by atoms with Crippen LogP contribution in [0.1, 0.15) is 41.6 Å². The van der Waals surface area contributed by atoms with Gasteiger partial charge < -0.3 is 0 Å². The summed E-state index contributed by atoms with van der Waals surface area (Å²) < 4.78 is 0. The number of ketones is 1. The maximum atomic E-state index is 13.1. The first-order valence-electron chi connectivity index (χ1n) is 7.19. The van der Waals surface area contributed by atoms with Gasteiger partial charge in [0.15, 0.2) is 5.78 Å². The molecule has 0 radical (unpaired) electrons. The zero-order valence-electron chi connectivity index (χ0n) is 11.6. The summed E-state index contributed by atoms with van der Waals surface area (Å²) in [5.74, 6) is 0.157. The second-order valence-corrected chi connectivity index (χ2v) is 6.43. The minimum Gasteiger partial charge on any atom is -0.293 e. The topological polar surface area (TPSA) is 17.1 Å². The molecule has 1 saturated carbocycles. The van der Waals surface area contributed by atoms with Gasteiger partial charge in [-0.3, -0.25) is 4.79 Å². The van der Waals surface area contributed by atoms with Crippen LogP contribution >= 0.6 is 23.2 Å². The highest BCUT2D eigenvalue weighted by molar-refractivity contribution is 6.42. The standard InChI is InChI=1S/C18H16Cl2O/c19-15-9-8-13(12-16(15)20)17(21)18(10-4-5-11-18)14-6-2-1-3-7-14/h1-3,6-9,12H,4-5,10-11H2. The van der Waals surface area contributed by atoms with E-state index in [1.54, 1.807) is 18.2 Å². The Morgan fingerprint density at radius 1 is 0.905 bits per heavy atom. The largest absolute Gasteiger partial charge is 0.293 e. The Labute approximate surface area is 134 Å². The summed E-state index contributed by atoms with van der Waals surface area (Å²) in [6.07, 6.45) is 3.97. The number of hydrogen-bond acceptors (Lipinski definition) is 1. The average molecular weight is 319 g/mol. The molecule has 0 aliphatic heterocycles. The van der Waals surface area contributed by atoms with Crippen LogP contribution in [0.3, 0.4) is 0 Å². The number of hydrogen-bond donors (Lipinski definition) is 0. The summed E-state index contributed by atoms with van der Waals surface area (Å²) in [5.41, 5.74) is 1.35. The third kappa shape index (κ3) is 2.61. The molecule has 0 atom stereocenters. The third-order valence-corrected chi connectivity index (χ3v) is 5.14. The second-order valence-electron chi connectivity index (χ2n) is 5.61. The van der Waals surface area contributed by atoms with Gasteiger partial charge >= 0.3 is 0 Å². The van der Waals surface area contributed by atoms with Crippen molar-refractivity contribution in [1.29, 1.82) is 0 Å². The van der Waals surface area contributed by atoms with E-state index in [4.69, 9.17) is 23.2 Å². The first-order valence-corrected chi connectivity index (χ1v) is 7.94. The maximum Gasteiger partial charge on any atom is 0.173 e. The molecule has 1 aliphatic rings. The van der Waals surface area contributed by atoms with Crippen LogP contribution < -0.4 is 0 Å². The molecular formula is C18H16Cl2O. The fraction of sp³-hybridized carbons (Fsp3) is 0.278. The van der Waals surface area contributed by atoms with E-state index in [-0.39, 0.29) is 5.78 Å². The molecule has 0 bridgehead atoms. The normalized spacial score (nSPS) is 16.9. The van der Waals surface area contributed by atoms with Gasteiger partial charge in [0.25, 0.3) is 0 Å². The molecule has 21 heavy (non-hydrogen) atoms. The van der Waals surface area contributed by atoms with Crippen molar-refractivity contribution in [2.24, 2.45) is 0 Å². The first kappa shape index (κ1) is 14.6. The van der Waals surface area contributed by atoms with E-state index in [0.717, 1.165) is 31.2 Å². The Morgan fingerprint density at radius 3 is 2.19 bits per heavy atom. The van der Waals surface area contributed by atoms with E-state index in [1.165, 1.54) is 0 Å². The Balaban J connectivity index is 2.05. The van der Waals surface area contributed by atoms with Crippen molar-refractivity contribution in [2.75, 3.05) is 0 Å². The van der Waals surface area contributed by atoms with Crippen molar-refractivity contribution < 1.29 is 4.79 Å². The zero-order chi connectivity index (χ0) is 14.9. The fourth-order valence-corrected chi connectivity index (χ4v) is 3.59. The van der Waals surface area contributed by atoms with Crippen molar-refractivity contribution in [3.05, 3.63) is 69.7 Å². The lowest BCUT2D eigenvalue weighted by Gasteiger charge is -2.28. The summed E-state index contributed by atoms with van der Waals surface area (Å²) in [6.45, 7) is 0. The highest BCUT2D eigenvalue weighted by Gasteiger charge is 2.42. The quantitative estimate of drug-likeness (QED) is 0.664. The van der Waals surface area contributed by atoms with Gasteiger partial charge in [0.2, 0.25) is 0 Å². The van der Waals surface area contributed by atoms with Crippen LogP contribution in [-0.4, -0.2) is 5.78 Å². The summed E-state index contributed by atoms with van der Waals surface area (Å²) in [5, 5.41) is 0.914. The molecule has 0 amide bonds. The minimum atomic E-state index is -0.404. The molecule has 0 saturated heterocycles. The fourth-order valence-electron chi connectivity index (χ4n) is 3.30. The second kappa shape index (κ2) is 5.82. The SMILES string of the molecule is O=C(c1ccc(Cl)c(Cl)c1)C1(c2ccccc2)CCCC1. The first-order chi connectivity index (χ1) is 10.1. The van der Waals surface area contributed by atoms with E-state index in [1.807, 2.05) is 18.2 Å². The van der Waals surface area contributed by atoms with Crippen molar-refractivity contribution >= 4 is 29.0 Å². The predicted molar refractivity (Wildman–Crippen MR) is 87.4 cm³/mol. The van der Waals surface area contributed by atoms with E-state index >= 15 is 0 Å². The van der Waals surface area contributed by atoms with E-state index in [9.17, 15) is 4.79 Å². The number of halogens is 2. The molecule has 0 unspecified atom stereocenters. The highest BCUT2D eigenvalue weighted by atomic mass is 35.5. The molecule has 0 aromatic heterocycles. The number of rotatable bonds is 3. The van der Waals surface area contributed by atoms with Crippen molar-refractivity contribution in [1.82, 2.24) is 0 Å². The van der Waals surface area contributed by atoms with Gasteiger partial charge in [0, 0.05) is 5.56 Å². The predicted octanol–water partition coefficient (Wildman–Crippen LogP) is 5.69. The van der Waals surface area contributed by atoms with Crippen LogP contribution in [0.4, 0.5) is 0 Å². The molecule has 3 heteroatoms. The van der Waals surface area contributed by atoms with Gasteiger partial charge in [-0.15, -0.1) is 0 Å². The van der Waals surface area contributed by atoms with E-state index in [0.29, 0.717) is 15.6 Å². The summed E-state index contributed by atoms with van der Waals surface area (Å²) in [4.78, 5) is 13.1. The van der Waals surface area contributed by atoms with Gasteiger partial charge in [-0.25, -0.2) is 0 Å². The molecule has 2 aromatic carbocycles. The lowest BCUT2D eigenvalue weighted by molar-refractivity contribution is 0.0886. The zero-order valence-corrected chi connectivity index (χ0v) is 13.1. The molecule has 1 fully saturated rings. The maximum absolute atomic E-state index is 13.1. The monoisotopic (exact) mass is 318 g/mol. The van der Waals surface area contributed by atoms with Gasteiger partial charge in [-0.05, 0) is 36.6 Å². The van der Waals surface area contributed by atoms with Gasteiger partial charge in [0.1, 0.15) is 0 Å².